The second kappa shape index (κ2) is 3.97. The molecule has 0 aliphatic rings. The predicted molar refractivity (Wildman–Crippen MR) is 42.5 cm³/mol. The Morgan fingerprint density at radius 2 is 1.75 bits per heavy atom. The standard InChI is InChI=1S/C9H8F2O/c10-8-4-7(2-1-3-12)5-9(11)6-8/h1-2,4-6,12H,3H2/b2-1+. The highest BCUT2D eigenvalue weighted by molar-refractivity contribution is 5.49. The molecule has 0 bridgehead atoms. The highest BCUT2D eigenvalue weighted by Gasteiger charge is 1.96. The summed E-state index contributed by atoms with van der Waals surface area (Å²) < 4.78 is 25.0. The van der Waals surface area contributed by atoms with E-state index in [-0.39, 0.29) is 6.61 Å². The van der Waals surface area contributed by atoms with Crippen molar-refractivity contribution in [2.45, 2.75) is 0 Å². The molecule has 0 amide bonds. The third-order valence-corrected chi connectivity index (χ3v) is 1.30. The van der Waals surface area contributed by atoms with Crippen molar-refractivity contribution in [1.82, 2.24) is 0 Å². The summed E-state index contributed by atoms with van der Waals surface area (Å²) in [5, 5.41) is 8.39. The monoisotopic (exact) mass is 170 g/mol. The van der Waals surface area contributed by atoms with Crippen LogP contribution < -0.4 is 0 Å². The van der Waals surface area contributed by atoms with Crippen LogP contribution in [-0.4, -0.2) is 11.7 Å². The van der Waals surface area contributed by atoms with Gasteiger partial charge in [-0.25, -0.2) is 8.78 Å². The van der Waals surface area contributed by atoms with Crippen LogP contribution in [0.2, 0.25) is 0 Å². The first kappa shape index (κ1) is 8.87. The molecule has 0 spiro atoms. The average Bonchev–Trinajstić information content (AvgIpc) is 1.99. The van der Waals surface area contributed by atoms with Gasteiger partial charge in [0, 0.05) is 6.07 Å². The third kappa shape index (κ3) is 2.43. The summed E-state index contributed by atoms with van der Waals surface area (Å²) in [5.41, 5.74) is 0.404. The zero-order valence-corrected chi connectivity index (χ0v) is 6.30. The van der Waals surface area contributed by atoms with E-state index in [1.54, 1.807) is 0 Å². The first-order valence-electron chi connectivity index (χ1n) is 3.46. The van der Waals surface area contributed by atoms with Crippen LogP contribution in [0.25, 0.3) is 6.08 Å². The Bertz CT molecular complexity index is 274. The zero-order valence-electron chi connectivity index (χ0n) is 6.30. The van der Waals surface area contributed by atoms with Crippen LogP contribution in [0, 0.1) is 11.6 Å². The van der Waals surface area contributed by atoms with Crippen LogP contribution in [0.1, 0.15) is 5.56 Å². The molecule has 1 rings (SSSR count). The summed E-state index contributed by atoms with van der Waals surface area (Å²) in [7, 11) is 0. The number of hydrogen-bond acceptors (Lipinski definition) is 1. The van der Waals surface area contributed by atoms with E-state index >= 15 is 0 Å². The maximum Gasteiger partial charge on any atom is 0.126 e. The molecule has 0 aliphatic heterocycles. The summed E-state index contributed by atoms with van der Waals surface area (Å²) in [6.45, 7) is -0.141. The van der Waals surface area contributed by atoms with Gasteiger partial charge in [-0.15, -0.1) is 0 Å². The van der Waals surface area contributed by atoms with Gasteiger partial charge < -0.3 is 5.11 Å². The maximum absolute atomic E-state index is 12.5. The minimum atomic E-state index is -0.618. The Morgan fingerprint density at radius 1 is 1.17 bits per heavy atom. The molecule has 3 heteroatoms. The molecule has 0 aliphatic carbocycles. The van der Waals surface area contributed by atoms with E-state index in [9.17, 15) is 8.78 Å². The molecule has 1 nitrogen and oxygen atoms in total. The molecule has 1 aromatic carbocycles. The van der Waals surface area contributed by atoms with Crippen molar-refractivity contribution in [1.29, 1.82) is 0 Å². The summed E-state index contributed by atoms with van der Waals surface area (Å²) in [6, 6.07) is 3.18. The maximum atomic E-state index is 12.5. The molecule has 0 unspecified atom stereocenters. The quantitative estimate of drug-likeness (QED) is 0.719. The topological polar surface area (TPSA) is 20.2 Å². The van der Waals surface area contributed by atoms with E-state index in [1.165, 1.54) is 24.3 Å². The predicted octanol–water partition coefficient (Wildman–Crippen LogP) is 1.97. The molecule has 0 heterocycles. The van der Waals surface area contributed by atoms with Gasteiger partial charge in [0.25, 0.3) is 0 Å². The van der Waals surface area contributed by atoms with E-state index in [0.29, 0.717) is 5.56 Å². The van der Waals surface area contributed by atoms with Crippen LogP contribution in [0.15, 0.2) is 24.3 Å². The minimum Gasteiger partial charge on any atom is -0.392 e. The molecule has 0 saturated carbocycles. The average molecular weight is 170 g/mol. The molecular formula is C9H8F2O. The van der Waals surface area contributed by atoms with Gasteiger partial charge in [0.15, 0.2) is 0 Å². The van der Waals surface area contributed by atoms with Gasteiger partial charge in [-0.1, -0.05) is 12.2 Å². The number of halogens is 2. The van der Waals surface area contributed by atoms with Crippen molar-refractivity contribution in [3.05, 3.63) is 41.5 Å². The van der Waals surface area contributed by atoms with E-state index in [4.69, 9.17) is 5.11 Å². The lowest BCUT2D eigenvalue weighted by Gasteiger charge is -1.94. The van der Waals surface area contributed by atoms with Gasteiger partial charge in [-0.3, -0.25) is 0 Å². The lowest BCUT2D eigenvalue weighted by Crippen LogP contribution is -1.82. The van der Waals surface area contributed by atoms with Crippen molar-refractivity contribution in [2.75, 3.05) is 6.61 Å². The molecule has 1 N–H and O–H groups in total. The Balaban J connectivity index is 2.93. The molecule has 0 saturated heterocycles. The van der Waals surface area contributed by atoms with Crippen LogP contribution in [-0.2, 0) is 0 Å². The highest BCUT2D eigenvalue weighted by Crippen LogP contribution is 2.08. The van der Waals surface area contributed by atoms with Crippen LogP contribution in [0.3, 0.4) is 0 Å². The largest absolute Gasteiger partial charge is 0.392 e. The summed E-state index contributed by atoms with van der Waals surface area (Å²) in [6.07, 6.45) is 2.86. The molecular weight excluding hydrogens is 162 g/mol. The Kier molecular flexibility index (Phi) is 2.94. The molecule has 0 fully saturated rings. The second-order valence-corrected chi connectivity index (χ2v) is 2.29. The smallest absolute Gasteiger partial charge is 0.126 e. The van der Waals surface area contributed by atoms with Crippen molar-refractivity contribution >= 4 is 6.08 Å². The summed E-state index contributed by atoms with van der Waals surface area (Å²) in [5.74, 6) is -1.24. The van der Waals surface area contributed by atoms with E-state index in [1.807, 2.05) is 0 Å². The molecule has 64 valence electrons. The molecule has 0 aromatic heterocycles. The molecule has 1 aromatic rings. The van der Waals surface area contributed by atoms with Gasteiger partial charge in [-0.05, 0) is 17.7 Å². The minimum absolute atomic E-state index is 0.141. The van der Waals surface area contributed by atoms with Gasteiger partial charge in [0.2, 0.25) is 0 Å². The molecule has 0 radical (unpaired) electrons. The van der Waals surface area contributed by atoms with Crippen molar-refractivity contribution in [3.8, 4) is 0 Å². The fourth-order valence-electron chi connectivity index (χ4n) is 0.860. The SMILES string of the molecule is OC/C=C/c1cc(F)cc(F)c1. The number of aliphatic hydroxyl groups is 1. The van der Waals surface area contributed by atoms with Crippen molar-refractivity contribution < 1.29 is 13.9 Å². The molecule has 12 heavy (non-hydrogen) atoms. The first-order chi connectivity index (χ1) is 5.72. The lowest BCUT2D eigenvalue weighted by atomic mass is 10.2. The molecule has 0 atom stereocenters. The third-order valence-electron chi connectivity index (χ3n) is 1.30. The summed E-state index contributed by atoms with van der Waals surface area (Å²) in [4.78, 5) is 0. The van der Waals surface area contributed by atoms with Crippen molar-refractivity contribution in [2.24, 2.45) is 0 Å². The number of hydrogen-bond donors (Lipinski definition) is 1. The number of rotatable bonds is 2. The number of benzene rings is 1. The Labute approximate surface area is 69.0 Å². The van der Waals surface area contributed by atoms with E-state index in [0.717, 1.165) is 6.07 Å². The van der Waals surface area contributed by atoms with Crippen LogP contribution in [0.4, 0.5) is 8.78 Å². The van der Waals surface area contributed by atoms with Gasteiger partial charge in [-0.2, -0.15) is 0 Å². The van der Waals surface area contributed by atoms with E-state index in [2.05, 4.69) is 0 Å². The second-order valence-electron chi connectivity index (χ2n) is 2.29. The highest BCUT2D eigenvalue weighted by atomic mass is 19.1. The first-order valence-corrected chi connectivity index (χ1v) is 3.46. The lowest BCUT2D eigenvalue weighted by molar-refractivity contribution is 0.343. The van der Waals surface area contributed by atoms with Gasteiger partial charge >= 0.3 is 0 Å². The van der Waals surface area contributed by atoms with Gasteiger partial charge in [0.1, 0.15) is 11.6 Å². The fourth-order valence-corrected chi connectivity index (χ4v) is 0.860. The van der Waals surface area contributed by atoms with Crippen molar-refractivity contribution in [3.63, 3.8) is 0 Å². The zero-order chi connectivity index (χ0) is 8.97. The fraction of sp³-hybridized carbons (Fsp3) is 0.111. The van der Waals surface area contributed by atoms with Crippen LogP contribution in [0.5, 0.6) is 0 Å². The van der Waals surface area contributed by atoms with Gasteiger partial charge in [0.05, 0.1) is 6.61 Å². The Morgan fingerprint density at radius 3 is 2.25 bits per heavy atom. The van der Waals surface area contributed by atoms with E-state index < -0.39 is 11.6 Å². The number of aliphatic hydroxyl groups excluding tert-OH is 1. The van der Waals surface area contributed by atoms with Crippen LogP contribution >= 0.6 is 0 Å². The normalized spacial score (nSPS) is 10.9. The summed E-state index contributed by atoms with van der Waals surface area (Å²) >= 11 is 0. The Hall–Kier alpha value is -1.22.